The van der Waals surface area contributed by atoms with Crippen molar-refractivity contribution < 1.29 is 101 Å². The quantitative estimate of drug-likeness (QED) is 0.0339. The lowest BCUT2D eigenvalue weighted by atomic mass is 9.78. The molecule has 5 fully saturated rings. The Morgan fingerprint density at radius 2 is 1.20 bits per heavy atom. The van der Waals surface area contributed by atoms with Gasteiger partial charge < -0.3 is 63.4 Å². The zero-order chi connectivity index (χ0) is 72.2. The topological polar surface area (TPSA) is 249 Å². The number of nitrogens with two attached hydrogens (primary N) is 1. The van der Waals surface area contributed by atoms with Crippen LogP contribution in [0.25, 0.3) is 21.8 Å². The summed E-state index contributed by atoms with van der Waals surface area (Å²) < 4.78 is 167. The Labute approximate surface area is 553 Å². The van der Waals surface area contributed by atoms with Crippen LogP contribution < -0.4 is 36.3 Å². The lowest BCUT2D eigenvalue weighted by molar-refractivity contribution is -0.159. The fourth-order valence-electron chi connectivity index (χ4n) is 12.2. The number of fused-ring (bicyclic) bond motifs is 2. The van der Waals surface area contributed by atoms with E-state index in [-0.39, 0.29) is 116 Å². The van der Waals surface area contributed by atoms with Crippen LogP contribution in [0.15, 0.2) is 64.4 Å². The van der Waals surface area contributed by atoms with Gasteiger partial charge in [-0.15, -0.1) is 0 Å². The number of hydrogen-bond donors (Lipinski definition) is 3. The second-order valence-electron chi connectivity index (χ2n) is 27.7. The van der Waals surface area contributed by atoms with E-state index >= 15 is 4.39 Å². The fourth-order valence-corrected chi connectivity index (χ4v) is 12.2. The Morgan fingerprint density at radius 1 is 0.701 bits per heavy atom. The Bertz CT molecular complexity index is 3860. The smallest absolute Gasteiger partial charge is 0.492 e. The molecule has 10 rings (SSSR count). The van der Waals surface area contributed by atoms with E-state index in [9.17, 15) is 78.0 Å². The van der Waals surface area contributed by atoms with E-state index in [4.69, 9.17) is 29.4 Å². The number of alkyl halides is 5. The summed E-state index contributed by atoms with van der Waals surface area (Å²) in [7, 11) is -1.18. The standard InChI is InChI=1S/C20H22F3N3O4.C20H28FNO4.C14H9BF5NO4.C12H22FNO2/c1-20(24)8-25(6-9(20)5-21)16-13(23)3-10-15(18(16)30-2)26(14-4-12(14)22)7-11(17(10)27)19(28)29;1-19(2,3)26-17(23)10-20(4)14-22(12-16(20)11-21)18(24)25-13-15-8-6-5-7-9-15;1-24-13-10(18)8(17)2-5-11(13)21(9-3-7(9)16)4-6(12(5)22)14(23)25-15(19)20;1-11(2,3)16-10(15)5-12(4)8-14-7-9(12)6-13/h3,7,9,12,14H,4-6,8,24H2,1-2H3,(H,28,29);5-9,16H,10-14H2,1-4H3;2,4,7,9H,3H2,1H3;9,14H,5-8H2,1-4H3/t9?,12-,14+,20?;16-,20-;7-,9+;9-,12-/m0101/s1. The van der Waals surface area contributed by atoms with Gasteiger partial charge in [0.1, 0.15) is 47.0 Å². The molecule has 97 heavy (non-hydrogen) atoms. The molecule has 5 aliphatic rings. The van der Waals surface area contributed by atoms with Crippen molar-refractivity contribution in [2.45, 2.75) is 136 Å². The van der Waals surface area contributed by atoms with Crippen LogP contribution in [0.3, 0.4) is 0 Å². The number of likely N-dealkylation sites (tertiary alicyclic amines) is 1. The summed E-state index contributed by atoms with van der Waals surface area (Å²) in [5.41, 5.74) is 0.479. The molecule has 2 aromatic heterocycles. The van der Waals surface area contributed by atoms with Crippen molar-refractivity contribution in [1.29, 1.82) is 0 Å². The van der Waals surface area contributed by atoms with Crippen LogP contribution in [0.2, 0.25) is 0 Å². The number of benzene rings is 3. The van der Waals surface area contributed by atoms with Gasteiger partial charge in [-0.3, -0.25) is 32.3 Å². The first-order chi connectivity index (χ1) is 45.3. The van der Waals surface area contributed by atoms with Crippen molar-refractivity contribution >= 4 is 64.9 Å². The molecule has 4 N–H and O–H groups in total. The number of methoxy groups -OCH3 is 2. The largest absolute Gasteiger partial charge is 0.798 e. The molecule has 1 amide bonds. The Kier molecular flexibility index (Phi) is 23.9. The highest BCUT2D eigenvalue weighted by Gasteiger charge is 2.49. The molecule has 2 unspecified atom stereocenters. The molecule has 2 saturated carbocycles. The summed E-state index contributed by atoms with van der Waals surface area (Å²) in [6.45, 7) is 17.0. The molecular weight excluding hydrogens is 1300 g/mol. The summed E-state index contributed by atoms with van der Waals surface area (Å²) in [5, 5.41) is 11.8. The monoisotopic (exact) mass is 1380 g/mol. The first-order valence-corrected chi connectivity index (χ1v) is 31.1. The number of amides is 1. The maximum Gasteiger partial charge on any atom is 0.798 e. The number of halogens is 10. The third-order valence-electron chi connectivity index (χ3n) is 17.6. The average Bonchev–Trinajstić information content (AvgIpc) is 1.72. The normalized spacial score (nSPS) is 24.8. The molecule has 0 bridgehead atoms. The highest BCUT2D eigenvalue weighted by atomic mass is 19.2. The van der Waals surface area contributed by atoms with E-state index < -0.39 is 148 Å². The zero-order valence-electron chi connectivity index (χ0n) is 55.6. The van der Waals surface area contributed by atoms with Crippen molar-refractivity contribution in [1.82, 2.24) is 19.4 Å². The molecule has 5 aromatic rings. The van der Waals surface area contributed by atoms with Crippen molar-refractivity contribution in [3.8, 4) is 11.5 Å². The van der Waals surface area contributed by atoms with Gasteiger partial charge in [0.05, 0.1) is 81.0 Å². The van der Waals surface area contributed by atoms with E-state index in [2.05, 4.69) is 9.97 Å². The third kappa shape index (κ3) is 18.0. The first-order valence-electron chi connectivity index (χ1n) is 31.1. The minimum absolute atomic E-state index is 0.00934. The number of rotatable bonds is 17. The Hall–Kier alpha value is -8.09. The molecule has 10 atom stereocenters. The van der Waals surface area contributed by atoms with Crippen LogP contribution in [0.4, 0.5) is 54.2 Å². The number of hydrogen-bond acceptors (Lipinski definition) is 16. The molecule has 3 aliphatic heterocycles. The van der Waals surface area contributed by atoms with Gasteiger partial charge in [-0.2, -0.15) is 4.39 Å². The number of aromatic carboxylic acids is 1. The Morgan fingerprint density at radius 3 is 1.67 bits per heavy atom. The second kappa shape index (κ2) is 30.4. The number of ether oxygens (including phenoxy) is 5. The molecule has 0 spiro atoms. The number of carbonyl (C=O) groups excluding carboxylic acids is 4. The van der Waals surface area contributed by atoms with Crippen molar-refractivity contribution in [2.24, 2.45) is 34.3 Å². The van der Waals surface area contributed by atoms with Gasteiger partial charge >= 0.3 is 37.4 Å². The first kappa shape index (κ1) is 76.3. The van der Waals surface area contributed by atoms with Gasteiger partial charge in [-0.1, -0.05) is 44.2 Å². The second-order valence-corrected chi connectivity index (χ2v) is 27.7. The molecule has 20 nitrogen and oxygen atoms in total. The van der Waals surface area contributed by atoms with Crippen LogP contribution in [0, 0.1) is 46.0 Å². The van der Waals surface area contributed by atoms with E-state index in [1.165, 1.54) is 16.6 Å². The van der Waals surface area contributed by atoms with Crippen molar-refractivity contribution in [3.05, 3.63) is 109 Å². The number of carboxylic acid groups (broad SMARTS) is 1. The summed E-state index contributed by atoms with van der Waals surface area (Å²) >= 11 is 0. The van der Waals surface area contributed by atoms with Gasteiger partial charge in [0, 0.05) is 93.2 Å². The lowest BCUT2D eigenvalue weighted by Crippen LogP contribution is -2.45. The third-order valence-corrected chi connectivity index (χ3v) is 17.6. The van der Waals surface area contributed by atoms with Gasteiger partial charge in [0.2, 0.25) is 16.7 Å². The number of nitrogens with zero attached hydrogens (tertiary/aromatic N) is 4. The van der Waals surface area contributed by atoms with Gasteiger partial charge in [-0.25, -0.2) is 40.6 Å². The summed E-state index contributed by atoms with van der Waals surface area (Å²) in [6, 6.07) is 9.25. The van der Waals surface area contributed by atoms with Crippen molar-refractivity contribution in [2.75, 3.05) is 78.4 Å². The predicted molar refractivity (Wildman–Crippen MR) is 338 cm³/mol. The van der Waals surface area contributed by atoms with E-state index in [1.807, 2.05) is 65.0 Å². The van der Waals surface area contributed by atoms with Crippen LogP contribution in [-0.2, 0) is 35.1 Å². The minimum atomic E-state index is -3.48. The average molecular weight is 1380 g/mol. The number of carboxylic acids is 1. The predicted octanol–water partition coefficient (Wildman–Crippen LogP) is 10.8. The molecule has 532 valence electrons. The van der Waals surface area contributed by atoms with Crippen LogP contribution in [0.1, 0.15) is 126 Å². The molecule has 31 heteroatoms. The van der Waals surface area contributed by atoms with E-state index in [0.29, 0.717) is 19.2 Å². The van der Waals surface area contributed by atoms with Gasteiger partial charge in [-0.05, 0) is 71.6 Å². The fraction of sp³-hybridized carbons (Fsp3) is 0.561. The maximum atomic E-state index is 15.2. The van der Waals surface area contributed by atoms with Gasteiger partial charge in [0.15, 0.2) is 23.1 Å². The summed E-state index contributed by atoms with van der Waals surface area (Å²) in [4.78, 5) is 87.6. The zero-order valence-corrected chi connectivity index (χ0v) is 55.6. The SMILES string of the molecule is CC(C)(C)OC(=O)C[C@]1(C)CN(C(=O)OCc2ccccc2)C[C@H]1CF.CC(C)(C)OC(=O)C[C@]1(C)CNC[C@H]1CF.COc1c(F)c(F)cc2c(=O)c(C(=O)OB(F)F)cn([C@@H]3C[C@@H]3F)c12.COc1c(N2CC(CF)C(C)(N)C2)c(F)cc2c(=O)c(C(=O)O)cn([C@@H]3C[C@@H]3F)c12. The van der Waals surface area contributed by atoms with E-state index in [0.717, 1.165) is 35.7 Å². The molecule has 0 radical (unpaired) electrons. The highest BCUT2D eigenvalue weighted by molar-refractivity contribution is 6.38. The molecule has 3 saturated heterocycles. The lowest BCUT2D eigenvalue weighted by Gasteiger charge is -2.29. The van der Waals surface area contributed by atoms with Gasteiger partial charge in [0.25, 0.3) is 0 Å². The number of esters is 2. The molecular formula is C66H81BF10N6O14. The number of aromatic nitrogens is 2. The number of carbonyl (C=O) groups is 5. The summed E-state index contributed by atoms with van der Waals surface area (Å²) in [5.74, 6) is -9.15. The van der Waals surface area contributed by atoms with Crippen LogP contribution >= 0.6 is 0 Å². The number of anilines is 1. The van der Waals surface area contributed by atoms with Crippen LogP contribution in [-0.4, -0.2) is 159 Å². The number of pyridine rings is 2. The maximum absolute atomic E-state index is 15.2. The summed E-state index contributed by atoms with van der Waals surface area (Å²) in [6.07, 6.45) is -0.714. The van der Waals surface area contributed by atoms with E-state index in [1.54, 1.807) is 32.6 Å². The minimum Gasteiger partial charge on any atom is -0.492 e. The van der Waals surface area contributed by atoms with Crippen molar-refractivity contribution in [3.63, 3.8) is 0 Å². The van der Waals surface area contributed by atoms with Crippen LogP contribution in [0.5, 0.6) is 11.5 Å². The number of nitrogens with one attached hydrogen (secondary N) is 1. The Balaban J connectivity index is 0.000000186. The molecule has 2 aliphatic carbocycles. The molecule has 3 aromatic carbocycles. The molecule has 5 heterocycles. The highest BCUT2D eigenvalue weighted by Crippen LogP contribution is 2.48.